The average molecular weight is 216 g/mol. The second-order valence-corrected chi connectivity index (χ2v) is 3.50. The fourth-order valence-electron chi connectivity index (χ4n) is 1.25. The van der Waals surface area contributed by atoms with Crippen LogP contribution in [0.1, 0.15) is 52.9 Å². The van der Waals surface area contributed by atoms with Gasteiger partial charge in [-0.15, -0.1) is 0 Å². The van der Waals surface area contributed by atoms with Crippen molar-refractivity contribution < 1.29 is 19.1 Å². The number of hydrogen-bond acceptors (Lipinski definition) is 4. The van der Waals surface area contributed by atoms with Gasteiger partial charge in [0, 0.05) is 20.3 Å². The zero-order valence-corrected chi connectivity index (χ0v) is 9.75. The van der Waals surface area contributed by atoms with Crippen LogP contribution in [0.5, 0.6) is 0 Å². The highest BCUT2D eigenvalue weighted by atomic mass is 16.7. The number of ether oxygens (including phenoxy) is 2. The summed E-state index contributed by atoms with van der Waals surface area (Å²) in [5.41, 5.74) is 0. The van der Waals surface area contributed by atoms with E-state index in [0.717, 1.165) is 25.7 Å². The van der Waals surface area contributed by atoms with E-state index >= 15 is 0 Å². The van der Waals surface area contributed by atoms with Crippen LogP contribution in [0.25, 0.3) is 0 Å². The molecule has 4 heteroatoms. The van der Waals surface area contributed by atoms with E-state index in [-0.39, 0.29) is 0 Å². The summed E-state index contributed by atoms with van der Waals surface area (Å²) in [6.07, 6.45) is 4.13. The van der Waals surface area contributed by atoms with Gasteiger partial charge in [0.05, 0.1) is 0 Å². The molecule has 0 aliphatic heterocycles. The summed E-state index contributed by atoms with van der Waals surface area (Å²) >= 11 is 0. The molecule has 0 bridgehead atoms. The highest BCUT2D eigenvalue weighted by molar-refractivity contribution is 5.68. The first kappa shape index (κ1) is 13.9. The van der Waals surface area contributed by atoms with Crippen LogP contribution in [0.2, 0.25) is 0 Å². The van der Waals surface area contributed by atoms with Gasteiger partial charge in [0.1, 0.15) is 0 Å². The van der Waals surface area contributed by atoms with E-state index in [9.17, 15) is 9.59 Å². The van der Waals surface area contributed by atoms with E-state index in [0.29, 0.717) is 6.42 Å². The minimum absolute atomic E-state index is 0.420. The third-order valence-electron chi connectivity index (χ3n) is 1.89. The molecule has 0 atom stereocenters. The summed E-state index contributed by atoms with van der Waals surface area (Å²) in [6.45, 7) is 4.74. The van der Waals surface area contributed by atoms with Gasteiger partial charge in [-0.05, 0) is 6.42 Å². The molecule has 0 radical (unpaired) electrons. The minimum Gasteiger partial charge on any atom is -0.425 e. The molecule has 0 spiro atoms. The van der Waals surface area contributed by atoms with Gasteiger partial charge in [-0.1, -0.05) is 26.2 Å². The molecule has 0 aliphatic rings. The maximum absolute atomic E-state index is 10.7. The van der Waals surface area contributed by atoms with Crippen LogP contribution in [0.15, 0.2) is 0 Å². The Balaban J connectivity index is 3.79. The molecule has 0 heterocycles. The Morgan fingerprint density at radius 2 is 1.53 bits per heavy atom. The molecule has 0 aromatic carbocycles. The fraction of sp³-hybridized carbons (Fsp3) is 0.818. The van der Waals surface area contributed by atoms with Crippen LogP contribution in [-0.2, 0) is 19.1 Å². The molecule has 0 rings (SSSR count). The summed E-state index contributed by atoms with van der Waals surface area (Å²) in [5, 5.41) is 0. The Bertz CT molecular complexity index is 185. The first-order chi connectivity index (χ1) is 7.06. The third-order valence-corrected chi connectivity index (χ3v) is 1.89. The molecule has 0 saturated heterocycles. The van der Waals surface area contributed by atoms with Gasteiger partial charge in [-0.25, -0.2) is 0 Å². The molecular weight excluding hydrogens is 196 g/mol. The largest absolute Gasteiger partial charge is 0.425 e. The Morgan fingerprint density at radius 3 is 1.93 bits per heavy atom. The molecule has 0 saturated carbocycles. The van der Waals surface area contributed by atoms with Gasteiger partial charge in [0.15, 0.2) is 0 Å². The summed E-state index contributed by atoms with van der Waals surface area (Å²) in [6, 6.07) is 0. The van der Waals surface area contributed by atoms with E-state index in [2.05, 4.69) is 6.92 Å². The zero-order valence-electron chi connectivity index (χ0n) is 9.75. The highest BCUT2D eigenvalue weighted by Crippen LogP contribution is 2.10. The van der Waals surface area contributed by atoms with Gasteiger partial charge in [0.2, 0.25) is 6.29 Å². The van der Waals surface area contributed by atoms with Crippen LogP contribution in [-0.4, -0.2) is 18.2 Å². The second-order valence-electron chi connectivity index (χ2n) is 3.50. The van der Waals surface area contributed by atoms with E-state index in [1.165, 1.54) is 13.8 Å². The maximum atomic E-state index is 10.7. The summed E-state index contributed by atoms with van der Waals surface area (Å²) in [5.74, 6) is -0.839. The predicted molar refractivity (Wildman–Crippen MR) is 56.1 cm³/mol. The van der Waals surface area contributed by atoms with Gasteiger partial charge < -0.3 is 9.47 Å². The summed E-state index contributed by atoms with van der Waals surface area (Å²) < 4.78 is 9.72. The molecule has 0 aromatic heterocycles. The van der Waals surface area contributed by atoms with E-state index in [1.807, 2.05) is 0 Å². The fourth-order valence-corrected chi connectivity index (χ4v) is 1.25. The summed E-state index contributed by atoms with van der Waals surface area (Å²) in [4.78, 5) is 21.4. The van der Waals surface area contributed by atoms with E-state index in [1.54, 1.807) is 0 Å². The molecular formula is C11H20O4. The number of carbonyl (C=O) groups is 2. The van der Waals surface area contributed by atoms with Gasteiger partial charge >= 0.3 is 11.9 Å². The maximum Gasteiger partial charge on any atom is 0.305 e. The lowest BCUT2D eigenvalue weighted by Gasteiger charge is -2.16. The number of carbonyl (C=O) groups excluding carboxylic acids is 2. The highest BCUT2D eigenvalue weighted by Gasteiger charge is 2.14. The quantitative estimate of drug-likeness (QED) is 0.372. The van der Waals surface area contributed by atoms with Crippen molar-refractivity contribution in [3.05, 3.63) is 0 Å². The number of unbranched alkanes of at least 4 members (excludes halogenated alkanes) is 3. The molecule has 0 aromatic rings. The van der Waals surface area contributed by atoms with Crippen LogP contribution in [0, 0.1) is 0 Å². The Hall–Kier alpha value is -1.06. The van der Waals surface area contributed by atoms with Crippen LogP contribution in [0.4, 0.5) is 0 Å². The first-order valence-electron chi connectivity index (χ1n) is 5.40. The van der Waals surface area contributed by atoms with Crippen molar-refractivity contribution >= 4 is 11.9 Å². The molecule has 88 valence electrons. The van der Waals surface area contributed by atoms with E-state index in [4.69, 9.17) is 9.47 Å². The van der Waals surface area contributed by atoms with Crippen molar-refractivity contribution in [2.75, 3.05) is 0 Å². The third kappa shape index (κ3) is 9.25. The molecule has 15 heavy (non-hydrogen) atoms. The number of hydrogen-bond donors (Lipinski definition) is 0. The smallest absolute Gasteiger partial charge is 0.305 e. The molecule has 0 unspecified atom stereocenters. The lowest BCUT2D eigenvalue weighted by atomic mass is 10.1. The van der Waals surface area contributed by atoms with Crippen molar-refractivity contribution in [2.45, 2.75) is 59.2 Å². The molecule has 4 nitrogen and oxygen atoms in total. The van der Waals surface area contributed by atoms with Crippen molar-refractivity contribution in [2.24, 2.45) is 0 Å². The van der Waals surface area contributed by atoms with Crippen molar-refractivity contribution in [1.82, 2.24) is 0 Å². The Kier molecular flexibility index (Phi) is 7.68. The number of rotatable bonds is 7. The molecule has 0 aliphatic carbocycles. The average Bonchev–Trinajstić information content (AvgIpc) is 2.10. The Morgan fingerprint density at radius 1 is 1.00 bits per heavy atom. The standard InChI is InChI=1S/C11H20O4/c1-4-5-6-7-8-11(14-9(2)12)15-10(3)13/h11H,4-8H2,1-3H3. The van der Waals surface area contributed by atoms with Crippen LogP contribution < -0.4 is 0 Å². The van der Waals surface area contributed by atoms with Crippen molar-refractivity contribution in [3.8, 4) is 0 Å². The predicted octanol–water partition coefficient (Wildman–Crippen LogP) is 2.41. The monoisotopic (exact) mass is 216 g/mol. The van der Waals surface area contributed by atoms with E-state index < -0.39 is 18.2 Å². The van der Waals surface area contributed by atoms with Crippen LogP contribution >= 0.6 is 0 Å². The van der Waals surface area contributed by atoms with Gasteiger partial charge in [-0.2, -0.15) is 0 Å². The topological polar surface area (TPSA) is 52.6 Å². The van der Waals surface area contributed by atoms with Crippen LogP contribution in [0.3, 0.4) is 0 Å². The number of esters is 2. The molecule has 0 fully saturated rings. The molecule has 0 N–H and O–H groups in total. The SMILES string of the molecule is CCCCCCC(OC(C)=O)OC(C)=O. The second kappa shape index (κ2) is 8.26. The van der Waals surface area contributed by atoms with Crippen molar-refractivity contribution in [1.29, 1.82) is 0 Å². The zero-order chi connectivity index (χ0) is 11.7. The summed E-state index contributed by atoms with van der Waals surface area (Å²) in [7, 11) is 0. The minimum atomic E-state index is -0.711. The van der Waals surface area contributed by atoms with Gasteiger partial charge in [0.25, 0.3) is 0 Å². The van der Waals surface area contributed by atoms with Gasteiger partial charge in [-0.3, -0.25) is 9.59 Å². The lowest BCUT2D eigenvalue weighted by Crippen LogP contribution is -2.22. The first-order valence-corrected chi connectivity index (χ1v) is 5.40. The Labute approximate surface area is 90.9 Å². The van der Waals surface area contributed by atoms with Crippen molar-refractivity contribution in [3.63, 3.8) is 0 Å². The normalized spacial score (nSPS) is 10.1. The molecule has 0 amide bonds. The lowest BCUT2D eigenvalue weighted by molar-refractivity contribution is -0.185.